The number of hydrogen-bond donors (Lipinski definition) is 1. The van der Waals surface area contributed by atoms with Crippen LogP contribution in [0.25, 0.3) is 5.70 Å². The minimum absolute atomic E-state index is 0.204. The number of piperidine rings is 1. The van der Waals surface area contributed by atoms with Gasteiger partial charge in [-0.15, -0.1) is 11.3 Å². The number of aromatic nitrogens is 3. The number of fused-ring (bicyclic) bond motifs is 2. The summed E-state index contributed by atoms with van der Waals surface area (Å²) >= 11 is 7.46. The molecular formula is C26H25ClF3N5O2S. The highest BCUT2D eigenvalue weighted by molar-refractivity contribution is 7.09. The monoisotopic (exact) mass is 563 g/mol. The molecule has 4 heterocycles. The third kappa shape index (κ3) is 4.71. The van der Waals surface area contributed by atoms with Crippen molar-refractivity contribution in [3.63, 3.8) is 0 Å². The summed E-state index contributed by atoms with van der Waals surface area (Å²) < 4.78 is 39.5. The molecule has 200 valence electrons. The first-order valence-electron chi connectivity index (χ1n) is 12.5. The zero-order chi connectivity index (χ0) is 26.5. The van der Waals surface area contributed by atoms with Gasteiger partial charge in [0.2, 0.25) is 5.91 Å². The highest BCUT2D eigenvalue weighted by Gasteiger charge is 2.41. The molecule has 7 nitrogen and oxygen atoms in total. The second kappa shape index (κ2) is 9.69. The number of hydroxylamine groups is 1. The Labute approximate surface area is 226 Å². The Morgan fingerprint density at radius 1 is 1.26 bits per heavy atom. The fraction of sp³-hybridized carbons (Fsp3) is 0.423. The largest absolute Gasteiger partial charge is 0.435 e. The van der Waals surface area contributed by atoms with Gasteiger partial charge in [-0.25, -0.2) is 9.67 Å². The van der Waals surface area contributed by atoms with Crippen LogP contribution in [0.4, 0.5) is 13.2 Å². The van der Waals surface area contributed by atoms with Crippen LogP contribution in [-0.2, 0) is 34.4 Å². The van der Waals surface area contributed by atoms with E-state index in [0.717, 1.165) is 59.3 Å². The summed E-state index contributed by atoms with van der Waals surface area (Å²) in [7, 11) is 0. The van der Waals surface area contributed by atoms with Gasteiger partial charge in [0.05, 0.1) is 16.4 Å². The first kappa shape index (κ1) is 25.4. The summed E-state index contributed by atoms with van der Waals surface area (Å²) in [6.07, 6.45) is 2.00. The van der Waals surface area contributed by atoms with Gasteiger partial charge < -0.3 is 4.90 Å². The average molecular weight is 564 g/mol. The number of halogens is 4. The van der Waals surface area contributed by atoms with Gasteiger partial charge in [0.1, 0.15) is 17.3 Å². The highest BCUT2D eigenvalue weighted by atomic mass is 35.5. The van der Waals surface area contributed by atoms with Gasteiger partial charge in [-0.2, -0.15) is 18.3 Å². The molecule has 1 spiro atoms. The van der Waals surface area contributed by atoms with E-state index in [1.165, 1.54) is 11.1 Å². The molecule has 1 amide bonds. The maximum atomic E-state index is 12.9. The first-order chi connectivity index (χ1) is 18.2. The van der Waals surface area contributed by atoms with Crippen LogP contribution in [-0.4, -0.2) is 38.7 Å². The number of rotatable bonds is 4. The predicted molar refractivity (Wildman–Crippen MR) is 136 cm³/mol. The van der Waals surface area contributed by atoms with Crippen LogP contribution in [0.1, 0.15) is 59.1 Å². The van der Waals surface area contributed by atoms with Gasteiger partial charge in [0.25, 0.3) is 0 Å². The van der Waals surface area contributed by atoms with E-state index in [1.807, 2.05) is 11.4 Å². The molecule has 2 aromatic heterocycles. The quantitative estimate of drug-likeness (QED) is 0.452. The third-order valence-electron chi connectivity index (χ3n) is 7.49. The Balaban J connectivity index is 1.09. The molecular weight excluding hydrogens is 539 g/mol. The molecule has 1 atom stereocenters. The number of carbonyl (C=O) groups is 1. The number of nitrogens with one attached hydrogen (secondary N) is 1. The normalized spacial score (nSPS) is 21.9. The van der Waals surface area contributed by atoms with Crippen molar-refractivity contribution in [1.29, 1.82) is 0 Å². The second-order valence-electron chi connectivity index (χ2n) is 9.90. The predicted octanol–water partition coefficient (Wildman–Crippen LogP) is 5.53. The summed E-state index contributed by atoms with van der Waals surface area (Å²) in [5.74, 6) is -0.104. The molecule has 3 aromatic rings. The zero-order valence-corrected chi connectivity index (χ0v) is 21.9. The molecule has 0 unspecified atom stereocenters. The molecule has 0 saturated carbocycles. The van der Waals surface area contributed by atoms with E-state index in [1.54, 1.807) is 16.2 Å². The molecule has 0 bridgehead atoms. The lowest BCUT2D eigenvalue weighted by atomic mass is 9.79. The smallest absolute Gasteiger partial charge is 0.341 e. The van der Waals surface area contributed by atoms with Gasteiger partial charge in [0, 0.05) is 30.5 Å². The number of aryl methyl sites for hydroxylation is 1. The van der Waals surface area contributed by atoms with Crippen LogP contribution in [0.15, 0.2) is 41.8 Å². The van der Waals surface area contributed by atoms with Crippen molar-refractivity contribution >= 4 is 34.5 Å². The van der Waals surface area contributed by atoms with E-state index >= 15 is 0 Å². The number of nitrogens with zero attached hydrogens (tertiary/aromatic N) is 4. The van der Waals surface area contributed by atoms with Gasteiger partial charge >= 0.3 is 6.18 Å². The van der Waals surface area contributed by atoms with E-state index in [9.17, 15) is 18.0 Å². The number of amides is 1. The van der Waals surface area contributed by atoms with Crippen LogP contribution >= 0.6 is 22.9 Å². The topological polar surface area (TPSA) is 72.3 Å². The Hall–Kier alpha value is -2.89. The van der Waals surface area contributed by atoms with Crippen LogP contribution in [0, 0.1) is 0 Å². The van der Waals surface area contributed by atoms with Crippen LogP contribution in [0.5, 0.6) is 0 Å². The molecule has 12 heteroatoms. The summed E-state index contributed by atoms with van der Waals surface area (Å²) in [6, 6.07) is 9.13. The molecule has 2 aliphatic heterocycles. The average Bonchev–Trinajstić information content (AvgIpc) is 3.64. The molecule has 1 aromatic carbocycles. The molecule has 1 fully saturated rings. The number of benzene rings is 1. The van der Waals surface area contributed by atoms with Gasteiger partial charge in [0.15, 0.2) is 5.69 Å². The Bertz CT molecular complexity index is 1400. The maximum Gasteiger partial charge on any atom is 0.435 e. The standard InChI is InChI=1S/C26H25ClF3N5O2S/c27-22-12-21(26(28,29)30)32-35(22)14-23(36)34-10-7-17(8-11-34)24-31-20(15-38-24)19-13-25(37-33-19)9-3-5-16-4-1-2-6-18(16)25/h1-2,4,6,12-13,15,17,33H,3,5,7-11,14H2/t25-/m1/s1. The van der Waals surface area contributed by atoms with Gasteiger partial charge in [-0.05, 0) is 49.3 Å². The van der Waals surface area contributed by atoms with E-state index in [4.69, 9.17) is 21.4 Å². The van der Waals surface area contributed by atoms with Crippen LogP contribution in [0.3, 0.4) is 0 Å². The fourth-order valence-electron chi connectivity index (χ4n) is 5.49. The highest BCUT2D eigenvalue weighted by Crippen LogP contribution is 2.44. The van der Waals surface area contributed by atoms with Crippen molar-refractivity contribution in [3.8, 4) is 0 Å². The molecule has 1 N–H and O–H groups in total. The van der Waals surface area contributed by atoms with Gasteiger partial charge in [-0.1, -0.05) is 35.9 Å². The second-order valence-corrected chi connectivity index (χ2v) is 11.2. The SMILES string of the molecule is O=C(Cn1nc(C(F)(F)F)cc1Cl)N1CCC(c2nc(C3=C[C@@]4(CCCc5ccccc54)ON3)cs2)CC1. The van der Waals surface area contributed by atoms with E-state index in [2.05, 4.69) is 34.9 Å². The van der Waals surface area contributed by atoms with Crippen molar-refractivity contribution in [2.24, 2.45) is 0 Å². The lowest BCUT2D eigenvalue weighted by Crippen LogP contribution is -2.40. The molecule has 0 radical (unpaired) electrons. The Morgan fingerprint density at radius 2 is 2.05 bits per heavy atom. The minimum Gasteiger partial charge on any atom is -0.341 e. The minimum atomic E-state index is -4.61. The lowest BCUT2D eigenvalue weighted by molar-refractivity contribution is -0.142. The fourth-order valence-corrected chi connectivity index (χ4v) is 6.69. The van der Waals surface area contributed by atoms with E-state index in [-0.39, 0.29) is 23.5 Å². The molecule has 3 aliphatic rings. The summed E-state index contributed by atoms with van der Waals surface area (Å²) in [6.45, 7) is 0.659. The van der Waals surface area contributed by atoms with Crippen LogP contribution in [0.2, 0.25) is 5.15 Å². The summed E-state index contributed by atoms with van der Waals surface area (Å²) in [4.78, 5) is 25.4. The number of thiazole rings is 1. The number of hydrogen-bond acceptors (Lipinski definition) is 6. The first-order valence-corrected chi connectivity index (χ1v) is 13.8. The van der Waals surface area contributed by atoms with Crippen molar-refractivity contribution < 1.29 is 22.8 Å². The summed E-state index contributed by atoms with van der Waals surface area (Å²) in [5.41, 5.74) is 5.76. The number of likely N-dealkylation sites (tertiary alicyclic amines) is 1. The van der Waals surface area contributed by atoms with Crippen molar-refractivity contribution in [3.05, 3.63) is 74.5 Å². The molecule has 6 rings (SSSR count). The molecule has 38 heavy (non-hydrogen) atoms. The zero-order valence-electron chi connectivity index (χ0n) is 20.3. The molecule has 1 aliphatic carbocycles. The van der Waals surface area contributed by atoms with Crippen molar-refractivity contribution in [2.45, 2.75) is 56.3 Å². The van der Waals surface area contributed by atoms with Crippen LogP contribution < -0.4 is 5.48 Å². The maximum absolute atomic E-state index is 12.9. The van der Waals surface area contributed by atoms with E-state index < -0.39 is 17.5 Å². The number of alkyl halides is 3. The van der Waals surface area contributed by atoms with Gasteiger partial charge in [-0.3, -0.25) is 15.1 Å². The lowest BCUT2D eigenvalue weighted by Gasteiger charge is -2.32. The molecule has 1 saturated heterocycles. The van der Waals surface area contributed by atoms with E-state index in [0.29, 0.717) is 13.1 Å². The Kier molecular flexibility index (Phi) is 6.48. The van der Waals surface area contributed by atoms with Crippen molar-refractivity contribution in [1.82, 2.24) is 25.1 Å². The van der Waals surface area contributed by atoms with Crippen molar-refractivity contribution in [2.75, 3.05) is 13.1 Å². The third-order valence-corrected chi connectivity index (χ3v) is 8.80. The Morgan fingerprint density at radius 3 is 2.82 bits per heavy atom. The summed E-state index contributed by atoms with van der Waals surface area (Å²) in [5, 5.41) is 6.26. The number of carbonyl (C=O) groups excluding carboxylic acids is 1.